The van der Waals surface area contributed by atoms with E-state index in [2.05, 4.69) is 15.1 Å². The highest BCUT2D eigenvalue weighted by Gasteiger charge is 2.35. The van der Waals surface area contributed by atoms with Gasteiger partial charge in [0, 0.05) is 30.4 Å². The van der Waals surface area contributed by atoms with Crippen molar-refractivity contribution in [1.82, 2.24) is 14.4 Å². The average molecular weight is 400 g/mol. The number of nitrogens with zero attached hydrogens (tertiary/aromatic N) is 4. The summed E-state index contributed by atoms with van der Waals surface area (Å²) in [5, 5.41) is 4.33. The zero-order valence-electron chi connectivity index (χ0n) is 15.2. The summed E-state index contributed by atoms with van der Waals surface area (Å²) in [7, 11) is -2.19. The fourth-order valence-corrected chi connectivity index (χ4v) is 4.20. The normalized spacial score (nSPS) is 17.0. The van der Waals surface area contributed by atoms with Gasteiger partial charge in [0.25, 0.3) is 0 Å². The minimum absolute atomic E-state index is 0.303. The Hall–Kier alpha value is -3.07. The van der Waals surface area contributed by atoms with Crippen molar-refractivity contribution in [2.45, 2.75) is 12.5 Å². The van der Waals surface area contributed by atoms with Crippen molar-refractivity contribution in [1.29, 1.82) is 0 Å². The van der Waals surface area contributed by atoms with Gasteiger partial charge in [-0.1, -0.05) is 6.07 Å². The standard InChI is InChI=1S/C19H17FN4O3S/c1-27-19-10-13(20)4-5-14(19)16-11-18(24(23-16)28(2,25)26)12-3-6-15-17(9-12)22-8-7-21-15/h3-10,18H,11H2,1-2H3. The summed E-state index contributed by atoms with van der Waals surface area (Å²) >= 11 is 0. The summed E-state index contributed by atoms with van der Waals surface area (Å²) in [4.78, 5) is 8.52. The van der Waals surface area contributed by atoms with Gasteiger partial charge in [0.05, 0.1) is 36.2 Å². The third kappa shape index (κ3) is 3.29. The van der Waals surface area contributed by atoms with Crippen LogP contribution in [-0.4, -0.2) is 41.9 Å². The smallest absolute Gasteiger partial charge is 0.247 e. The number of aromatic nitrogens is 2. The topological polar surface area (TPSA) is 84.8 Å². The van der Waals surface area contributed by atoms with Crippen LogP contribution in [0.1, 0.15) is 23.6 Å². The maximum absolute atomic E-state index is 13.5. The number of hydrazone groups is 1. The molecule has 0 amide bonds. The van der Waals surface area contributed by atoms with Crippen molar-refractivity contribution < 1.29 is 17.5 Å². The number of ether oxygens (including phenoxy) is 1. The number of hydrogen-bond donors (Lipinski definition) is 0. The first kappa shape index (κ1) is 18.3. The minimum Gasteiger partial charge on any atom is -0.496 e. The fraction of sp³-hybridized carbons (Fsp3) is 0.211. The van der Waals surface area contributed by atoms with Crippen LogP contribution in [0.3, 0.4) is 0 Å². The lowest BCUT2D eigenvalue weighted by molar-refractivity contribution is 0.375. The molecule has 1 aromatic heterocycles. The Morgan fingerprint density at radius 3 is 2.57 bits per heavy atom. The molecule has 4 rings (SSSR count). The lowest BCUT2D eigenvalue weighted by Gasteiger charge is -2.21. The van der Waals surface area contributed by atoms with Gasteiger partial charge < -0.3 is 4.74 Å². The Kier molecular flexibility index (Phi) is 4.46. The Morgan fingerprint density at radius 2 is 1.86 bits per heavy atom. The molecule has 0 N–H and O–H groups in total. The highest BCUT2D eigenvalue weighted by molar-refractivity contribution is 7.88. The first-order chi connectivity index (χ1) is 13.4. The summed E-state index contributed by atoms with van der Waals surface area (Å²) < 4.78 is 44.6. The zero-order valence-corrected chi connectivity index (χ0v) is 16.0. The number of halogens is 1. The van der Waals surface area contributed by atoms with Crippen molar-refractivity contribution >= 4 is 26.8 Å². The first-order valence-electron chi connectivity index (χ1n) is 8.48. The fourth-order valence-electron chi connectivity index (χ4n) is 3.30. The lowest BCUT2D eigenvalue weighted by Crippen LogP contribution is -2.25. The molecule has 1 atom stereocenters. The van der Waals surface area contributed by atoms with Crippen LogP contribution < -0.4 is 4.74 Å². The van der Waals surface area contributed by atoms with E-state index in [9.17, 15) is 12.8 Å². The van der Waals surface area contributed by atoms with Gasteiger partial charge in [-0.05, 0) is 29.8 Å². The van der Waals surface area contributed by atoms with Gasteiger partial charge in [0.1, 0.15) is 11.6 Å². The molecule has 0 radical (unpaired) electrons. The summed E-state index contributed by atoms with van der Waals surface area (Å²) in [6.07, 6.45) is 4.61. The molecule has 1 aliphatic rings. The average Bonchev–Trinajstić information content (AvgIpc) is 3.13. The number of methoxy groups -OCH3 is 1. The Labute approximate surface area is 161 Å². The molecule has 1 aliphatic heterocycles. The van der Waals surface area contributed by atoms with Gasteiger partial charge >= 0.3 is 0 Å². The Morgan fingerprint density at radius 1 is 1.11 bits per heavy atom. The molecule has 0 saturated carbocycles. The molecule has 3 aromatic rings. The van der Waals surface area contributed by atoms with Crippen molar-refractivity contribution in [3.05, 3.63) is 65.7 Å². The van der Waals surface area contributed by atoms with Crippen LogP contribution in [0.2, 0.25) is 0 Å². The maximum atomic E-state index is 13.5. The van der Waals surface area contributed by atoms with Gasteiger partial charge in [0.15, 0.2) is 0 Å². The van der Waals surface area contributed by atoms with Crippen LogP contribution in [0, 0.1) is 5.82 Å². The van der Waals surface area contributed by atoms with E-state index in [4.69, 9.17) is 4.74 Å². The summed E-state index contributed by atoms with van der Waals surface area (Å²) in [6, 6.07) is 8.99. The molecule has 1 unspecified atom stereocenters. The second-order valence-electron chi connectivity index (χ2n) is 6.45. The molecule has 0 spiro atoms. The molecule has 7 nitrogen and oxygen atoms in total. The molecule has 0 saturated heterocycles. The number of rotatable bonds is 4. The van der Waals surface area contributed by atoms with Crippen LogP contribution in [0.25, 0.3) is 11.0 Å². The molecule has 0 aliphatic carbocycles. The molecule has 2 heterocycles. The van der Waals surface area contributed by atoms with E-state index in [0.29, 0.717) is 29.0 Å². The highest BCUT2D eigenvalue weighted by atomic mass is 32.2. The van der Waals surface area contributed by atoms with E-state index in [1.165, 1.54) is 19.2 Å². The van der Waals surface area contributed by atoms with Gasteiger partial charge in [0.2, 0.25) is 10.0 Å². The molecular formula is C19H17FN4O3S. The lowest BCUT2D eigenvalue weighted by atomic mass is 9.98. The predicted molar refractivity (Wildman–Crippen MR) is 103 cm³/mol. The van der Waals surface area contributed by atoms with Crippen molar-refractivity contribution in [2.24, 2.45) is 5.10 Å². The number of sulfonamides is 1. The number of hydrogen-bond acceptors (Lipinski definition) is 6. The first-order valence-corrected chi connectivity index (χ1v) is 10.3. The second kappa shape index (κ2) is 6.83. The Bertz CT molecular complexity index is 1200. The minimum atomic E-state index is -3.63. The van der Waals surface area contributed by atoms with Crippen LogP contribution >= 0.6 is 0 Å². The SMILES string of the molecule is COc1cc(F)ccc1C1=NN(S(C)(=O)=O)C(c2ccc3nccnc3c2)C1. The van der Waals surface area contributed by atoms with E-state index in [1.807, 2.05) is 12.1 Å². The van der Waals surface area contributed by atoms with Gasteiger partial charge in [-0.3, -0.25) is 9.97 Å². The van der Waals surface area contributed by atoms with Crippen LogP contribution in [-0.2, 0) is 10.0 Å². The largest absolute Gasteiger partial charge is 0.496 e. The summed E-state index contributed by atoms with van der Waals surface area (Å²) in [5.74, 6) is -0.138. The summed E-state index contributed by atoms with van der Waals surface area (Å²) in [5.41, 5.74) is 3.20. The third-order valence-electron chi connectivity index (χ3n) is 4.57. The third-order valence-corrected chi connectivity index (χ3v) is 5.58. The molecule has 0 fully saturated rings. The van der Waals surface area contributed by atoms with E-state index < -0.39 is 21.9 Å². The van der Waals surface area contributed by atoms with Crippen molar-refractivity contribution in [3.8, 4) is 5.75 Å². The molecule has 144 valence electrons. The molecule has 28 heavy (non-hydrogen) atoms. The molecule has 2 aromatic carbocycles. The van der Waals surface area contributed by atoms with Gasteiger partial charge in [-0.25, -0.2) is 12.8 Å². The quantitative estimate of drug-likeness (QED) is 0.672. The van der Waals surface area contributed by atoms with Crippen molar-refractivity contribution in [3.63, 3.8) is 0 Å². The van der Waals surface area contributed by atoms with Crippen LogP contribution in [0.5, 0.6) is 5.75 Å². The monoisotopic (exact) mass is 400 g/mol. The molecule has 0 bridgehead atoms. The second-order valence-corrected chi connectivity index (χ2v) is 8.29. The number of benzene rings is 2. The number of fused-ring (bicyclic) bond motifs is 1. The molecular weight excluding hydrogens is 383 g/mol. The van der Waals surface area contributed by atoms with E-state index in [1.54, 1.807) is 24.5 Å². The summed E-state index contributed by atoms with van der Waals surface area (Å²) in [6.45, 7) is 0. The van der Waals surface area contributed by atoms with Crippen LogP contribution in [0.4, 0.5) is 4.39 Å². The van der Waals surface area contributed by atoms with E-state index >= 15 is 0 Å². The van der Waals surface area contributed by atoms with Gasteiger partial charge in [-0.15, -0.1) is 0 Å². The Balaban J connectivity index is 1.79. The molecule has 9 heteroatoms. The highest BCUT2D eigenvalue weighted by Crippen LogP contribution is 2.37. The van der Waals surface area contributed by atoms with Gasteiger partial charge in [-0.2, -0.15) is 9.52 Å². The van der Waals surface area contributed by atoms with Crippen LogP contribution in [0.15, 0.2) is 53.9 Å². The van der Waals surface area contributed by atoms with E-state index in [-0.39, 0.29) is 0 Å². The maximum Gasteiger partial charge on any atom is 0.247 e. The zero-order chi connectivity index (χ0) is 19.9. The van der Waals surface area contributed by atoms with Crippen molar-refractivity contribution in [2.75, 3.05) is 13.4 Å². The van der Waals surface area contributed by atoms with E-state index in [0.717, 1.165) is 21.8 Å². The predicted octanol–water partition coefficient (Wildman–Crippen LogP) is 2.89.